The number of thioether (sulfide) groups is 1. The van der Waals surface area contributed by atoms with Gasteiger partial charge in [-0.3, -0.25) is 9.78 Å². The zero-order valence-electron chi connectivity index (χ0n) is 10.8. The number of anilines is 1. The molecule has 0 aliphatic heterocycles. The minimum absolute atomic E-state index is 0.0523. The number of carbonyl (C=O) groups excluding carboxylic acids is 1. The number of hydrogen-bond acceptors (Lipinski definition) is 5. The van der Waals surface area contributed by atoms with Crippen molar-refractivity contribution >= 4 is 23.5 Å². The highest BCUT2D eigenvalue weighted by Crippen LogP contribution is 2.30. The molecule has 0 saturated heterocycles. The molecule has 0 bridgehead atoms. The fourth-order valence-corrected chi connectivity index (χ4v) is 2.44. The molecule has 1 amide bonds. The van der Waals surface area contributed by atoms with Crippen molar-refractivity contribution < 1.29 is 4.79 Å². The van der Waals surface area contributed by atoms with Gasteiger partial charge in [-0.15, -0.1) is 10.2 Å². The Morgan fingerprint density at radius 2 is 2.00 bits per heavy atom. The molecule has 1 aliphatic carbocycles. The largest absolute Gasteiger partial charge is 0.309 e. The van der Waals surface area contributed by atoms with Crippen molar-refractivity contribution in [3.05, 3.63) is 42.2 Å². The maximum atomic E-state index is 11.6. The standard InChI is InChI=1S/C14H14N4OS/c19-14(11-1-2-11)16-12-3-4-13(18-17-12)20-9-10-5-7-15-8-6-10/h3-8,11H,1-2,9H2,(H,16,17,19). The molecule has 1 saturated carbocycles. The van der Waals surface area contributed by atoms with Crippen LogP contribution in [-0.2, 0) is 10.5 Å². The number of nitrogens with one attached hydrogen (secondary N) is 1. The van der Waals surface area contributed by atoms with Gasteiger partial charge in [-0.2, -0.15) is 0 Å². The fraction of sp³-hybridized carbons (Fsp3) is 0.286. The first-order chi connectivity index (χ1) is 9.81. The molecule has 0 radical (unpaired) electrons. The zero-order valence-corrected chi connectivity index (χ0v) is 11.6. The van der Waals surface area contributed by atoms with Gasteiger partial charge in [0.15, 0.2) is 5.82 Å². The zero-order chi connectivity index (χ0) is 13.8. The molecule has 3 rings (SSSR count). The molecule has 5 nitrogen and oxygen atoms in total. The average Bonchev–Trinajstić information content (AvgIpc) is 3.32. The SMILES string of the molecule is O=C(Nc1ccc(SCc2ccncc2)nn1)C1CC1. The van der Waals surface area contributed by atoms with Gasteiger partial charge in [0, 0.05) is 24.1 Å². The Hall–Kier alpha value is -1.95. The summed E-state index contributed by atoms with van der Waals surface area (Å²) in [5, 5.41) is 11.7. The van der Waals surface area contributed by atoms with Gasteiger partial charge in [-0.1, -0.05) is 11.8 Å². The number of carbonyl (C=O) groups is 1. The third-order valence-electron chi connectivity index (χ3n) is 2.98. The van der Waals surface area contributed by atoms with E-state index in [1.165, 1.54) is 5.56 Å². The van der Waals surface area contributed by atoms with E-state index in [2.05, 4.69) is 20.5 Å². The average molecular weight is 286 g/mol. The second-order valence-electron chi connectivity index (χ2n) is 4.66. The van der Waals surface area contributed by atoms with E-state index in [0.717, 1.165) is 23.6 Å². The molecule has 1 N–H and O–H groups in total. The van der Waals surface area contributed by atoms with Crippen molar-refractivity contribution in [1.29, 1.82) is 0 Å². The topological polar surface area (TPSA) is 67.8 Å². The fourth-order valence-electron chi connectivity index (χ4n) is 1.67. The molecule has 0 unspecified atom stereocenters. The van der Waals surface area contributed by atoms with Crippen LogP contribution in [0.1, 0.15) is 18.4 Å². The maximum Gasteiger partial charge on any atom is 0.228 e. The van der Waals surface area contributed by atoms with E-state index in [0.29, 0.717) is 5.82 Å². The van der Waals surface area contributed by atoms with Gasteiger partial charge in [0.2, 0.25) is 5.91 Å². The van der Waals surface area contributed by atoms with Crippen molar-refractivity contribution in [2.75, 3.05) is 5.32 Å². The predicted octanol–water partition coefficient (Wildman–Crippen LogP) is 2.51. The molecule has 102 valence electrons. The molecule has 20 heavy (non-hydrogen) atoms. The van der Waals surface area contributed by atoms with E-state index >= 15 is 0 Å². The molecule has 6 heteroatoms. The van der Waals surface area contributed by atoms with Crippen LogP contribution in [0.25, 0.3) is 0 Å². The highest BCUT2D eigenvalue weighted by atomic mass is 32.2. The quantitative estimate of drug-likeness (QED) is 0.855. The second kappa shape index (κ2) is 6.00. The van der Waals surface area contributed by atoms with Gasteiger partial charge in [0.05, 0.1) is 0 Å². The van der Waals surface area contributed by atoms with Gasteiger partial charge in [-0.25, -0.2) is 0 Å². The molecule has 2 heterocycles. The third kappa shape index (κ3) is 3.54. The highest BCUT2D eigenvalue weighted by Gasteiger charge is 2.29. The van der Waals surface area contributed by atoms with E-state index in [9.17, 15) is 4.79 Å². The van der Waals surface area contributed by atoms with Crippen LogP contribution in [0.2, 0.25) is 0 Å². The summed E-state index contributed by atoms with van der Waals surface area (Å²) in [7, 11) is 0. The van der Waals surface area contributed by atoms with E-state index in [1.54, 1.807) is 30.2 Å². The summed E-state index contributed by atoms with van der Waals surface area (Å²) in [6.45, 7) is 0. The van der Waals surface area contributed by atoms with Crippen LogP contribution < -0.4 is 5.32 Å². The first-order valence-corrected chi connectivity index (χ1v) is 7.46. The summed E-state index contributed by atoms with van der Waals surface area (Å²) in [6.07, 6.45) is 5.52. The van der Waals surface area contributed by atoms with Crippen LogP contribution in [0.4, 0.5) is 5.82 Å². The second-order valence-corrected chi connectivity index (χ2v) is 5.66. The summed E-state index contributed by atoms with van der Waals surface area (Å²) in [5.74, 6) is 1.58. The van der Waals surface area contributed by atoms with Crippen LogP contribution in [0.3, 0.4) is 0 Å². The first-order valence-electron chi connectivity index (χ1n) is 6.47. The summed E-state index contributed by atoms with van der Waals surface area (Å²) in [6, 6.07) is 7.62. The smallest absolute Gasteiger partial charge is 0.228 e. The lowest BCUT2D eigenvalue weighted by molar-refractivity contribution is -0.117. The van der Waals surface area contributed by atoms with Gasteiger partial charge in [-0.05, 0) is 42.7 Å². The lowest BCUT2D eigenvalue weighted by Gasteiger charge is -2.03. The normalized spacial score (nSPS) is 14.0. The van der Waals surface area contributed by atoms with E-state index < -0.39 is 0 Å². The number of aromatic nitrogens is 3. The van der Waals surface area contributed by atoms with Crippen LogP contribution in [0.5, 0.6) is 0 Å². The number of rotatable bonds is 5. The van der Waals surface area contributed by atoms with Gasteiger partial charge >= 0.3 is 0 Å². The van der Waals surface area contributed by atoms with Crippen LogP contribution in [0, 0.1) is 5.92 Å². The summed E-state index contributed by atoms with van der Waals surface area (Å²) < 4.78 is 0. The Bertz CT molecular complexity index is 584. The summed E-state index contributed by atoms with van der Waals surface area (Å²) in [4.78, 5) is 15.6. The third-order valence-corrected chi connectivity index (χ3v) is 3.97. The number of amides is 1. The van der Waals surface area contributed by atoms with Gasteiger partial charge < -0.3 is 5.32 Å². The molecular formula is C14H14N4OS. The Labute approximate surface area is 121 Å². The first kappa shape index (κ1) is 13.1. The highest BCUT2D eigenvalue weighted by molar-refractivity contribution is 7.98. The Balaban J connectivity index is 1.54. The van der Waals surface area contributed by atoms with Crippen molar-refractivity contribution in [3.63, 3.8) is 0 Å². The molecule has 0 spiro atoms. The summed E-state index contributed by atoms with van der Waals surface area (Å²) >= 11 is 1.61. The number of pyridine rings is 1. The molecular weight excluding hydrogens is 272 g/mol. The molecule has 0 atom stereocenters. The maximum absolute atomic E-state index is 11.6. The lowest BCUT2D eigenvalue weighted by Crippen LogP contribution is -2.14. The van der Waals surface area contributed by atoms with Crippen molar-refractivity contribution in [1.82, 2.24) is 15.2 Å². The molecule has 2 aromatic heterocycles. The van der Waals surface area contributed by atoms with E-state index in [4.69, 9.17) is 0 Å². The Morgan fingerprint density at radius 1 is 1.20 bits per heavy atom. The van der Waals surface area contributed by atoms with Crippen LogP contribution in [0.15, 0.2) is 41.7 Å². The van der Waals surface area contributed by atoms with Crippen molar-refractivity contribution in [2.45, 2.75) is 23.6 Å². The van der Waals surface area contributed by atoms with Crippen molar-refractivity contribution in [2.24, 2.45) is 5.92 Å². The van der Waals surface area contributed by atoms with Crippen molar-refractivity contribution in [3.8, 4) is 0 Å². The summed E-state index contributed by atoms with van der Waals surface area (Å²) in [5.41, 5.74) is 1.19. The van der Waals surface area contributed by atoms with Crippen LogP contribution >= 0.6 is 11.8 Å². The number of nitrogens with zero attached hydrogens (tertiary/aromatic N) is 3. The minimum Gasteiger partial charge on any atom is -0.309 e. The monoisotopic (exact) mass is 286 g/mol. The lowest BCUT2D eigenvalue weighted by atomic mass is 10.3. The molecule has 1 aliphatic rings. The van der Waals surface area contributed by atoms with E-state index in [-0.39, 0.29) is 11.8 Å². The molecule has 0 aromatic carbocycles. The number of hydrogen-bond donors (Lipinski definition) is 1. The minimum atomic E-state index is 0.0523. The Kier molecular flexibility index (Phi) is 3.92. The molecule has 1 fully saturated rings. The van der Waals surface area contributed by atoms with Gasteiger partial charge in [0.1, 0.15) is 5.03 Å². The molecule has 2 aromatic rings. The van der Waals surface area contributed by atoms with Crippen LogP contribution in [-0.4, -0.2) is 21.1 Å². The Morgan fingerprint density at radius 3 is 2.65 bits per heavy atom. The predicted molar refractivity (Wildman–Crippen MR) is 77.2 cm³/mol. The van der Waals surface area contributed by atoms with E-state index in [1.807, 2.05) is 18.2 Å². The van der Waals surface area contributed by atoms with Gasteiger partial charge in [0.25, 0.3) is 0 Å².